The van der Waals surface area contributed by atoms with E-state index in [0.717, 1.165) is 16.2 Å². The van der Waals surface area contributed by atoms with Crippen molar-refractivity contribution in [1.82, 2.24) is 0 Å². The second-order valence-corrected chi connectivity index (χ2v) is 4.31. The Bertz CT molecular complexity index is 526. The lowest BCUT2D eigenvalue weighted by Crippen LogP contribution is -2.31. The molecule has 1 aromatic rings. The van der Waals surface area contributed by atoms with Crippen LogP contribution in [0.5, 0.6) is 0 Å². The highest BCUT2D eigenvalue weighted by molar-refractivity contribution is 7.12. The number of rotatable bonds is 2. The zero-order chi connectivity index (χ0) is 12.6. The van der Waals surface area contributed by atoms with Crippen molar-refractivity contribution in [3.63, 3.8) is 0 Å². The number of hydrogen-bond donors (Lipinski definition) is 0. The number of methoxy groups -OCH3 is 1. The first-order valence-corrected chi connectivity index (χ1v) is 5.66. The van der Waals surface area contributed by atoms with Gasteiger partial charge in [-0.3, -0.25) is 9.59 Å². The molecule has 0 bridgehead atoms. The Balaban J connectivity index is 2.52. The van der Waals surface area contributed by atoms with Gasteiger partial charge in [-0.25, -0.2) is 9.69 Å². The number of anilines is 1. The third-order valence-electron chi connectivity index (χ3n) is 2.35. The topological polar surface area (TPSA) is 63.7 Å². The first kappa shape index (κ1) is 11.5. The number of esters is 1. The molecule has 0 unspecified atom stereocenters. The normalized spacial score (nSPS) is 14.6. The molecule has 17 heavy (non-hydrogen) atoms. The third kappa shape index (κ3) is 1.76. The molecule has 2 rings (SSSR count). The Morgan fingerprint density at radius 3 is 2.41 bits per heavy atom. The van der Waals surface area contributed by atoms with Crippen molar-refractivity contribution in [3.8, 4) is 0 Å². The van der Waals surface area contributed by atoms with E-state index in [1.807, 2.05) is 0 Å². The Morgan fingerprint density at radius 1 is 1.29 bits per heavy atom. The molecule has 0 saturated carbocycles. The van der Waals surface area contributed by atoms with E-state index < -0.39 is 17.8 Å². The molecule has 1 aromatic heterocycles. The highest BCUT2D eigenvalue weighted by Crippen LogP contribution is 2.33. The van der Waals surface area contributed by atoms with Crippen LogP contribution in [-0.4, -0.2) is 24.9 Å². The number of amides is 2. The minimum atomic E-state index is -0.550. The van der Waals surface area contributed by atoms with Gasteiger partial charge < -0.3 is 4.74 Å². The second kappa shape index (κ2) is 4.14. The first-order chi connectivity index (χ1) is 8.06. The van der Waals surface area contributed by atoms with Gasteiger partial charge in [-0.2, -0.15) is 0 Å². The number of aryl methyl sites for hydroxylation is 1. The molecule has 2 heterocycles. The highest BCUT2D eigenvalue weighted by Gasteiger charge is 2.31. The molecule has 0 saturated heterocycles. The Labute approximate surface area is 101 Å². The van der Waals surface area contributed by atoms with Gasteiger partial charge in [0.15, 0.2) is 0 Å². The van der Waals surface area contributed by atoms with E-state index in [4.69, 9.17) is 0 Å². The van der Waals surface area contributed by atoms with Crippen molar-refractivity contribution in [1.29, 1.82) is 0 Å². The van der Waals surface area contributed by atoms with Crippen LogP contribution in [0.3, 0.4) is 0 Å². The summed E-state index contributed by atoms with van der Waals surface area (Å²) in [6, 6.07) is 0. The summed E-state index contributed by atoms with van der Waals surface area (Å²) >= 11 is 1.15. The third-order valence-corrected chi connectivity index (χ3v) is 3.41. The standard InChI is InChI=1S/C11H9NO4S/c1-6-5-17-10(11(15)16-2)9(6)12-7(13)3-4-8(12)14/h3-5H,1-2H3. The lowest BCUT2D eigenvalue weighted by molar-refractivity contribution is -0.119. The molecule has 1 aliphatic heterocycles. The summed E-state index contributed by atoms with van der Waals surface area (Å²) in [7, 11) is 1.26. The summed E-state index contributed by atoms with van der Waals surface area (Å²) in [5, 5.41) is 1.71. The van der Waals surface area contributed by atoms with Crippen LogP contribution in [0.25, 0.3) is 0 Å². The van der Waals surface area contributed by atoms with E-state index >= 15 is 0 Å². The lowest BCUT2D eigenvalue weighted by atomic mass is 10.2. The molecule has 2 amide bonds. The molecule has 1 aliphatic rings. The van der Waals surface area contributed by atoms with Crippen LogP contribution in [0.4, 0.5) is 5.69 Å². The number of hydrogen-bond acceptors (Lipinski definition) is 5. The van der Waals surface area contributed by atoms with Gasteiger partial charge in [0, 0.05) is 12.2 Å². The molecule has 0 aromatic carbocycles. The summed E-state index contributed by atoms with van der Waals surface area (Å²) in [5.41, 5.74) is 1.02. The lowest BCUT2D eigenvalue weighted by Gasteiger charge is -2.15. The summed E-state index contributed by atoms with van der Waals surface area (Å²) in [4.78, 5) is 35.9. The average molecular weight is 251 g/mol. The zero-order valence-corrected chi connectivity index (χ0v) is 10.0. The van der Waals surface area contributed by atoms with Crippen LogP contribution in [0, 0.1) is 6.92 Å². The minimum Gasteiger partial charge on any atom is -0.465 e. The number of carbonyl (C=O) groups excluding carboxylic acids is 3. The number of carbonyl (C=O) groups is 3. The quantitative estimate of drug-likeness (QED) is 0.586. The smallest absolute Gasteiger partial charge is 0.350 e. The van der Waals surface area contributed by atoms with E-state index in [1.54, 1.807) is 12.3 Å². The van der Waals surface area contributed by atoms with Gasteiger partial charge in [-0.1, -0.05) is 0 Å². The molecule has 0 aliphatic carbocycles. The zero-order valence-electron chi connectivity index (χ0n) is 9.22. The van der Waals surface area contributed by atoms with E-state index in [1.165, 1.54) is 19.3 Å². The Morgan fingerprint density at radius 2 is 1.88 bits per heavy atom. The van der Waals surface area contributed by atoms with Crippen molar-refractivity contribution in [2.45, 2.75) is 6.92 Å². The van der Waals surface area contributed by atoms with Crippen molar-refractivity contribution >= 4 is 34.8 Å². The molecule has 0 spiro atoms. The van der Waals surface area contributed by atoms with Gasteiger partial charge in [0.25, 0.3) is 11.8 Å². The fraction of sp³-hybridized carbons (Fsp3) is 0.182. The summed E-state index contributed by atoms with van der Waals surface area (Å²) < 4.78 is 4.62. The molecule has 0 N–H and O–H groups in total. The van der Waals surface area contributed by atoms with E-state index in [-0.39, 0.29) is 4.88 Å². The predicted molar refractivity (Wildman–Crippen MR) is 62.0 cm³/mol. The minimum absolute atomic E-state index is 0.260. The van der Waals surface area contributed by atoms with E-state index in [9.17, 15) is 14.4 Å². The molecule has 5 nitrogen and oxygen atoms in total. The molecule has 0 atom stereocenters. The van der Waals surface area contributed by atoms with E-state index in [0.29, 0.717) is 11.3 Å². The van der Waals surface area contributed by atoms with Gasteiger partial charge in [0.2, 0.25) is 0 Å². The summed E-state index contributed by atoms with van der Waals surface area (Å²) in [6.07, 6.45) is 2.36. The van der Waals surface area contributed by atoms with Gasteiger partial charge in [-0.05, 0) is 17.9 Å². The van der Waals surface area contributed by atoms with Crippen LogP contribution >= 0.6 is 11.3 Å². The van der Waals surface area contributed by atoms with Crippen LogP contribution in [0.15, 0.2) is 17.5 Å². The van der Waals surface area contributed by atoms with Gasteiger partial charge in [-0.15, -0.1) is 11.3 Å². The first-order valence-electron chi connectivity index (χ1n) is 4.78. The fourth-order valence-corrected chi connectivity index (χ4v) is 2.52. The molecular formula is C11H9NO4S. The molecule has 0 radical (unpaired) electrons. The second-order valence-electron chi connectivity index (χ2n) is 3.43. The highest BCUT2D eigenvalue weighted by atomic mass is 32.1. The maximum Gasteiger partial charge on any atom is 0.350 e. The van der Waals surface area contributed by atoms with Crippen molar-refractivity contribution in [3.05, 3.63) is 28.0 Å². The van der Waals surface area contributed by atoms with Crippen LogP contribution < -0.4 is 4.90 Å². The fourth-order valence-electron chi connectivity index (χ4n) is 1.57. The number of imide groups is 1. The van der Waals surface area contributed by atoms with Gasteiger partial charge >= 0.3 is 5.97 Å². The number of nitrogens with zero attached hydrogens (tertiary/aromatic N) is 1. The maximum atomic E-state index is 11.6. The number of ether oxygens (including phenoxy) is 1. The van der Waals surface area contributed by atoms with Crippen LogP contribution in [0.1, 0.15) is 15.2 Å². The van der Waals surface area contributed by atoms with E-state index in [2.05, 4.69) is 4.74 Å². The molecule has 88 valence electrons. The molecular weight excluding hydrogens is 242 g/mol. The SMILES string of the molecule is COC(=O)c1scc(C)c1N1C(=O)C=CC1=O. The van der Waals surface area contributed by atoms with Crippen molar-refractivity contribution in [2.75, 3.05) is 12.0 Å². The predicted octanol–water partition coefficient (Wildman–Crippen LogP) is 1.27. The average Bonchev–Trinajstić information content (AvgIpc) is 2.82. The molecule has 6 heteroatoms. The monoisotopic (exact) mass is 251 g/mol. The van der Waals surface area contributed by atoms with Gasteiger partial charge in [0.05, 0.1) is 12.8 Å². The maximum absolute atomic E-state index is 11.6. The Kier molecular flexibility index (Phi) is 2.81. The Hall–Kier alpha value is -1.95. The van der Waals surface area contributed by atoms with Crippen LogP contribution in [0.2, 0.25) is 0 Å². The number of thiophene rings is 1. The molecule has 0 fully saturated rings. The van der Waals surface area contributed by atoms with Crippen molar-refractivity contribution < 1.29 is 19.1 Å². The van der Waals surface area contributed by atoms with Crippen molar-refractivity contribution in [2.24, 2.45) is 0 Å². The summed E-state index contributed by atoms with van der Waals surface area (Å²) in [5.74, 6) is -1.44. The van der Waals surface area contributed by atoms with Crippen LogP contribution in [-0.2, 0) is 14.3 Å². The summed E-state index contributed by atoms with van der Waals surface area (Å²) in [6.45, 7) is 1.73. The largest absolute Gasteiger partial charge is 0.465 e. The van der Waals surface area contributed by atoms with Gasteiger partial charge in [0.1, 0.15) is 4.88 Å².